The van der Waals surface area contributed by atoms with E-state index in [9.17, 15) is 4.79 Å². The van der Waals surface area contributed by atoms with Crippen molar-refractivity contribution in [2.45, 2.75) is 31.5 Å². The molecule has 1 aromatic rings. The molecule has 1 amide bonds. The summed E-state index contributed by atoms with van der Waals surface area (Å²) >= 11 is 3.44. The zero-order valence-electron chi connectivity index (χ0n) is 9.66. The van der Waals surface area contributed by atoms with Crippen molar-refractivity contribution in [2.75, 3.05) is 11.4 Å². The quantitative estimate of drug-likeness (QED) is 0.724. The molecule has 0 radical (unpaired) electrons. The van der Waals surface area contributed by atoms with E-state index in [2.05, 4.69) is 35.8 Å². The fraction of sp³-hybridized carbons (Fsp3) is 0.462. The van der Waals surface area contributed by atoms with Crippen LogP contribution in [0.4, 0.5) is 5.69 Å². The lowest BCUT2D eigenvalue weighted by Gasteiger charge is -2.31. The molecule has 0 aromatic heterocycles. The molecule has 1 saturated heterocycles. The van der Waals surface area contributed by atoms with Crippen molar-refractivity contribution in [2.24, 2.45) is 0 Å². The van der Waals surface area contributed by atoms with E-state index in [-0.39, 0.29) is 10.7 Å². The Morgan fingerprint density at radius 2 is 2.12 bits per heavy atom. The number of benzene rings is 1. The minimum absolute atomic E-state index is 0.0128. The van der Waals surface area contributed by atoms with E-state index in [0.717, 1.165) is 25.1 Å². The van der Waals surface area contributed by atoms with Gasteiger partial charge in [-0.2, -0.15) is 0 Å². The lowest BCUT2D eigenvalue weighted by Crippen LogP contribution is -2.42. The topological polar surface area (TPSA) is 20.3 Å². The zero-order valence-corrected chi connectivity index (χ0v) is 11.3. The summed E-state index contributed by atoms with van der Waals surface area (Å²) in [5, 5.41) is 0. The first-order valence-corrected chi connectivity index (χ1v) is 6.54. The normalized spacial score (nSPS) is 21.3. The molecule has 0 spiro atoms. The van der Waals surface area contributed by atoms with E-state index in [1.54, 1.807) is 0 Å². The van der Waals surface area contributed by atoms with Crippen LogP contribution in [0.25, 0.3) is 0 Å². The van der Waals surface area contributed by atoms with Gasteiger partial charge in [0.1, 0.15) is 0 Å². The third-order valence-electron chi connectivity index (χ3n) is 3.24. The predicted octanol–water partition coefficient (Wildman–Crippen LogP) is 3.19. The Kier molecular flexibility index (Phi) is 3.33. The van der Waals surface area contributed by atoms with Crippen molar-refractivity contribution in [1.82, 2.24) is 0 Å². The Labute approximate surface area is 105 Å². The maximum Gasteiger partial charge on any atom is 0.240 e. The van der Waals surface area contributed by atoms with Gasteiger partial charge in [0, 0.05) is 12.2 Å². The Balaban J connectivity index is 2.36. The average Bonchev–Trinajstić information content (AvgIpc) is 2.27. The van der Waals surface area contributed by atoms with Crippen molar-refractivity contribution in [3.05, 3.63) is 29.3 Å². The number of alkyl halides is 1. The predicted molar refractivity (Wildman–Crippen MR) is 70.2 cm³/mol. The van der Waals surface area contributed by atoms with Gasteiger partial charge in [-0.25, -0.2) is 0 Å². The van der Waals surface area contributed by atoms with E-state index in [0.29, 0.717) is 0 Å². The molecule has 86 valence electrons. The molecule has 2 rings (SSSR count). The number of anilines is 1. The summed E-state index contributed by atoms with van der Waals surface area (Å²) in [6.45, 7) is 5.00. The highest BCUT2D eigenvalue weighted by Crippen LogP contribution is 2.28. The number of hydrogen-bond donors (Lipinski definition) is 0. The fourth-order valence-corrected chi connectivity index (χ4v) is 2.67. The van der Waals surface area contributed by atoms with Crippen LogP contribution in [0.15, 0.2) is 18.2 Å². The molecule has 1 aliphatic heterocycles. The summed E-state index contributed by atoms with van der Waals surface area (Å²) < 4.78 is 0. The molecule has 1 atom stereocenters. The van der Waals surface area contributed by atoms with Crippen LogP contribution in [0, 0.1) is 13.8 Å². The number of carbonyl (C=O) groups excluding carboxylic acids is 1. The number of hydrogen-bond acceptors (Lipinski definition) is 1. The monoisotopic (exact) mass is 281 g/mol. The Bertz CT molecular complexity index is 416. The summed E-state index contributed by atoms with van der Waals surface area (Å²) in [6, 6.07) is 6.13. The molecule has 1 unspecified atom stereocenters. The highest BCUT2D eigenvalue weighted by Gasteiger charge is 2.28. The van der Waals surface area contributed by atoms with E-state index >= 15 is 0 Å². The molecular weight excluding hydrogens is 266 g/mol. The van der Waals surface area contributed by atoms with E-state index in [1.807, 2.05) is 17.0 Å². The molecule has 0 saturated carbocycles. The molecule has 0 aliphatic carbocycles. The first kappa shape index (κ1) is 11.6. The van der Waals surface area contributed by atoms with Gasteiger partial charge in [-0.15, -0.1) is 0 Å². The minimum Gasteiger partial charge on any atom is -0.311 e. The highest BCUT2D eigenvalue weighted by molar-refractivity contribution is 9.10. The Morgan fingerprint density at radius 1 is 1.38 bits per heavy atom. The second-order valence-electron chi connectivity index (χ2n) is 4.32. The molecule has 0 N–H and O–H groups in total. The number of halogens is 1. The van der Waals surface area contributed by atoms with Gasteiger partial charge < -0.3 is 4.90 Å². The van der Waals surface area contributed by atoms with Crippen LogP contribution in [0.1, 0.15) is 24.0 Å². The largest absolute Gasteiger partial charge is 0.311 e. The Hall–Kier alpha value is -0.830. The fourth-order valence-electron chi connectivity index (χ4n) is 2.10. The lowest BCUT2D eigenvalue weighted by molar-refractivity contribution is -0.118. The Morgan fingerprint density at radius 3 is 2.88 bits per heavy atom. The van der Waals surface area contributed by atoms with Crippen molar-refractivity contribution in [3.8, 4) is 0 Å². The molecule has 1 aliphatic rings. The number of piperidine rings is 1. The second-order valence-corrected chi connectivity index (χ2v) is 5.42. The highest BCUT2D eigenvalue weighted by atomic mass is 79.9. The van der Waals surface area contributed by atoms with Gasteiger partial charge in [-0.05, 0) is 43.9 Å². The molecule has 3 heteroatoms. The summed E-state index contributed by atoms with van der Waals surface area (Å²) in [7, 11) is 0. The third-order valence-corrected chi connectivity index (χ3v) is 4.09. The van der Waals surface area contributed by atoms with E-state index in [1.165, 1.54) is 11.1 Å². The van der Waals surface area contributed by atoms with Crippen LogP contribution in [0.2, 0.25) is 0 Å². The van der Waals surface area contributed by atoms with E-state index in [4.69, 9.17) is 0 Å². The number of aryl methyl sites for hydroxylation is 1. The number of rotatable bonds is 1. The molecular formula is C13H16BrNO. The maximum absolute atomic E-state index is 12.1. The van der Waals surface area contributed by atoms with Crippen LogP contribution < -0.4 is 4.90 Å². The van der Waals surface area contributed by atoms with Crippen LogP contribution in [0.5, 0.6) is 0 Å². The van der Waals surface area contributed by atoms with Gasteiger partial charge >= 0.3 is 0 Å². The second kappa shape index (κ2) is 4.58. The van der Waals surface area contributed by atoms with Crippen LogP contribution >= 0.6 is 15.9 Å². The van der Waals surface area contributed by atoms with Crippen LogP contribution in [-0.2, 0) is 4.79 Å². The average molecular weight is 282 g/mol. The standard InChI is InChI=1S/C13H16BrNO/c1-9-5-3-7-12(10(9)2)15-8-4-6-11(14)13(15)16/h3,5,7,11H,4,6,8H2,1-2H3. The molecule has 2 nitrogen and oxygen atoms in total. The van der Waals surface area contributed by atoms with Gasteiger partial charge in [0.2, 0.25) is 5.91 Å². The number of carbonyl (C=O) groups is 1. The van der Waals surface area contributed by atoms with Gasteiger partial charge in [-0.3, -0.25) is 4.79 Å². The molecule has 16 heavy (non-hydrogen) atoms. The number of nitrogens with zero attached hydrogens (tertiary/aromatic N) is 1. The van der Waals surface area contributed by atoms with Crippen molar-refractivity contribution < 1.29 is 4.79 Å². The smallest absolute Gasteiger partial charge is 0.240 e. The van der Waals surface area contributed by atoms with E-state index < -0.39 is 0 Å². The van der Waals surface area contributed by atoms with Gasteiger partial charge in [0.25, 0.3) is 0 Å². The number of amides is 1. The first-order valence-electron chi connectivity index (χ1n) is 5.63. The summed E-state index contributed by atoms with van der Waals surface area (Å²) in [5.41, 5.74) is 3.51. The molecule has 1 heterocycles. The molecule has 1 fully saturated rings. The zero-order chi connectivity index (χ0) is 11.7. The maximum atomic E-state index is 12.1. The van der Waals surface area contributed by atoms with Gasteiger partial charge in [-0.1, -0.05) is 28.1 Å². The SMILES string of the molecule is Cc1cccc(N2CCCC(Br)C2=O)c1C. The minimum atomic E-state index is -0.0128. The molecule has 0 bridgehead atoms. The van der Waals surface area contributed by atoms with Crippen molar-refractivity contribution >= 4 is 27.5 Å². The summed E-state index contributed by atoms with van der Waals surface area (Å²) in [6.07, 6.45) is 2.01. The van der Waals surface area contributed by atoms with Gasteiger partial charge in [0.15, 0.2) is 0 Å². The lowest BCUT2D eigenvalue weighted by atomic mass is 10.0. The van der Waals surface area contributed by atoms with Crippen LogP contribution in [0.3, 0.4) is 0 Å². The van der Waals surface area contributed by atoms with Crippen LogP contribution in [-0.4, -0.2) is 17.3 Å². The van der Waals surface area contributed by atoms with Crippen molar-refractivity contribution in [3.63, 3.8) is 0 Å². The summed E-state index contributed by atoms with van der Waals surface area (Å²) in [5.74, 6) is 0.194. The summed E-state index contributed by atoms with van der Waals surface area (Å²) in [4.78, 5) is 14.0. The third kappa shape index (κ3) is 2.01. The van der Waals surface area contributed by atoms with Crippen molar-refractivity contribution in [1.29, 1.82) is 0 Å². The van der Waals surface area contributed by atoms with Gasteiger partial charge in [0.05, 0.1) is 4.83 Å². The first-order chi connectivity index (χ1) is 7.61. The molecule has 1 aromatic carbocycles.